The van der Waals surface area contributed by atoms with E-state index in [2.05, 4.69) is 5.32 Å². The number of anilines is 1. The number of halogens is 2. The summed E-state index contributed by atoms with van der Waals surface area (Å²) in [6.07, 6.45) is 1.55. The second kappa shape index (κ2) is 13.1. The van der Waals surface area contributed by atoms with E-state index in [1.807, 2.05) is 32.0 Å². The molecule has 4 rings (SSSR count). The number of benzene rings is 3. The summed E-state index contributed by atoms with van der Waals surface area (Å²) < 4.78 is 16.8. The molecule has 0 saturated carbocycles. The monoisotopic (exact) mass is 600 g/mol. The van der Waals surface area contributed by atoms with Gasteiger partial charge in [0, 0.05) is 0 Å². The summed E-state index contributed by atoms with van der Waals surface area (Å²) in [5.74, 6) is 0.266. The Morgan fingerprint density at radius 3 is 2.52 bits per heavy atom. The molecule has 3 amide bonds. The Balaban J connectivity index is 1.40. The molecule has 0 atom stereocenters. The van der Waals surface area contributed by atoms with Gasteiger partial charge in [0.15, 0.2) is 18.1 Å². The number of para-hydroxylation sites is 1. The molecule has 0 bridgehead atoms. The van der Waals surface area contributed by atoms with Crippen LogP contribution in [0.4, 0.5) is 10.5 Å². The Kier molecular flexibility index (Phi) is 9.63. The molecule has 1 saturated heterocycles. The molecule has 0 radical (unpaired) electrons. The van der Waals surface area contributed by atoms with Crippen LogP contribution in [0.5, 0.6) is 17.2 Å². The van der Waals surface area contributed by atoms with Crippen LogP contribution in [0.1, 0.15) is 16.7 Å². The topological polar surface area (TPSA) is 94.2 Å². The number of thioether (sulfide) groups is 1. The largest absolute Gasteiger partial charge is 0.493 e. The van der Waals surface area contributed by atoms with E-state index < -0.39 is 11.8 Å². The van der Waals surface area contributed by atoms with Crippen LogP contribution < -0.4 is 19.5 Å². The number of nitrogens with one attached hydrogen (secondary N) is 1. The first-order valence-electron chi connectivity index (χ1n) is 12.2. The molecule has 0 aliphatic carbocycles. The van der Waals surface area contributed by atoms with E-state index in [0.717, 1.165) is 27.8 Å². The molecular formula is C29H26Cl2N2O6S. The van der Waals surface area contributed by atoms with Gasteiger partial charge in [-0.25, -0.2) is 0 Å². The summed E-state index contributed by atoms with van der Waals surface area (Å²) in [5, 5.41) is 2.84. The second-order valence-corrected chi connectivity index (χ2v) is 10.6. The van der Waals surface area contributed by atoms with Crippen LogP contribution in [0, 0.1) is 13.8 Å². The normalized spacial score (nSPS) is 14.0. The van der Waals surface area contributed by atoms with Crippen LogP contribution in [-0.4, -0.2) is 48.8 Å². The number of hydrogen-bond donors (Lipinski definition) is 1. The quantitative estimate of drug-likeness (QED) is 0.257. The first-order chi connectivity index (χ1) is 19.2. The van der Waals surface area contributed by atoms with Gasteiger partial charge in [-0.3, -0.25) is 19.3 Å². The van der Waals surface area contributed by atoms with Crippen LogP contribution in [0.2, 0.25) is 10.0 Å². The SMILES string of the molecule is COc1cc(/C=C2\SC(=O)N(CCOc3cc(C)ccc3C)C2=O)cc(Cl)c1OCC(=O)Nc1ccccc1Cl. The van der Waals surface area contributed by atoms with Crippen molar-refractivity contribution in [3.8, 4) is 17.2 Å². The maximum absolute atomic E-state index is 13.0. The number of nitrogens with zero attached hydrogens (tertiary/aromatic N) is 1. The van der Waals surface area contributed by atoms with Crippen LogP contribution in [0.15, 0.2) is 59.5 Å². The van der Waals surface area contributed by atoms with Gasteiger partial charge in [0.2, 0.25) is 0 Å². The van der Waals surface area contributed by atoms with E-state index in [1.54, 1.807) is 42.5 Å². The van der Waals surface area contributed by atoms with E-state index in [4.69, 9.17) is 37.4 Å². The third-order valence-corrected chi connectivity index (χ3v) is 7.35. The molecular weight excluding hydrogens is 575 g/mol. The Morgan fingerprint density at radius 1 is 1.00 bits per heavy atom. The van der Waals surface area contributed by atoms with E-state index >= 15 is 0 Å². The van der Waals surface area contributed by atoms with Gasteiger partial charge in [-0.1, -0.05) is 47.5 Å². The van der Waals surface area contributed by atoms with Crippen molar-refractivity contribution in [1.82, 2.24) is 4.90 Å². The standard InChI is InChI=1S/C29H26Cl2N2O6S/c1-17-8-9-18(2)23(12-17)38-11-10-33-28(35)25(40-29(33)36)15-19-13-21(31)27(24(14-19)37-3)39-16-26(34)32-22-7-5-4-6-20(22)30/h4-9,12-15H,10-11,16H2,1-3H3,(H,32,34)/b25-15-. The summed E-state index contributed by atoms with van der Waals surface area (Å²) in [5.41, 5.74) is 3.00. The van der Waals surface area contributed by atoms with Gasteiger partial charge in [0.25, 0.3) is 17.1 Å². The average Bonchev–Trinajstić information content (AvgIpc) is 3.18. The van der Waals surface area contributed by atoms with Crippen molar-refractivity contribution in [3.05, 3.63) is 86.2 Å². The van der Waals surface area contributed by atoms with Gasteiger partial charge in [0.05, 0.1) is 34.3 Å². The lowest BCUT2D eigenvalue weighted by atomic mass is 10.1. The molecule has 8 nitrogen and oxygen atoms in total. The molecule has 40 heavy (non-hydrogen) atoms. The van der Waals surface area contributed by atoms with E-state index in [0.29, 0.717) is 22.0 Å². The van der Waals surface area contributed by atoms with Gasteiger partial charge in [-0.05, 0) is 78.7 Å². The van der Waals surface area contributed by atoms with Crippen LogP contribution in [0.3, 0.4) is 0 Å². The molecule has 0 unspecified atom stereocenters. The Hall–Kier alpha value is -3.66. The minimum absolute atomic E-state index is 0.114. The molecule has 1 N–H and O–H groups in total. The molecule has 1 aliphatic heterocycles. The number of imide groups is 1. The van der Waals surface area contributed by atoms with Crippen molar-refractivity contribution in [1.29, 1.82) is 0 Å². The molecule has 11 heteroatoms. The lowest BCUT2D eigenvalue weighted by Crippen LogP contribution is -2.32. The number of aryl methyl sites for hydroxylation is 2. The molecule has 1 fully saturated rings. The fourth-order valence-electron chi connectivity index (χ4n) is 3.80. The molecule has 0 aromatic heterocycles. The van der Waals surface area contributed by atoms with Crippen molar-refractivity contribution in [2.75, 3.05) is 32.2 Å². The third kappa shape index (κ3) is 7.10. The van der Waals surface area contributed by atoms with Gasteiger partial charge >= 0.3 is 0 Å². The van der Waals surface area contributed by atoms with Crippen molar-refractivity contribution in [2.24, 2.45) is 0 Å². The predicted octanol–water partition coefficient (Wildman–Crippen LogP) is 6.75. The van der Waals surface area contributed by atoms with Crippen molar-refractivity contribution in [3.63, 3.8) is 0 Å². The van der Waals surface area contributed by atoms with E-state index in [9.17, 15) is 14.4 Å². The number of ether oxygens (including phenoxy) is 3. The second-order valence-electron chi connectivity index (χ2n) is 8.80. The number of rotatable bonds is 10. The molecule has 3 aromatic rings. The van der Waals surface area contributed by atoms with Crippen molar-refractivity contribution < 1.29 is 28.6 Å². The molecule has 1 aliphatic rings. The Morgan fingerprint density at radius 2 is 1.77 bits per heavy atom. The number of carbonyl (C=O) groups is 3. The summed E-state index contributed by atoms with van der Waals surface area (Å²) in [6, 6.07) is 15.8. The van der Waals surface area contributed by atoms with E-state index in [-0.39, 0.29) is 46.4 Å². The zero-order chi connectivity index (χ0) is 28.8. The first kappa shape index (κ1) is 29.3. The summed E-state index contributed by atoms with van der Waals surface area (Å²) in [7, 11) is 1.43. The fraction of sp³-hybridized carbons (Fsp3) is 0.207. The van der Waals surface area contributed by atoms with Crippen molar-refractivity contribution >= 4 is 63.8 Å². The number of amides is 3. The number of carbonyl (C=O) groups excluding carboxylic acids is 3. The zero-order valence-electron chi connectivity index (χ0n) is 22.0. The third-order valence-electron chi connectivity index (χ3n) is 5.83. The Labute approximate surface area is 246 Å². The number of hydrogen-bond acceptors (Lipinski definition) is 7. The average molecular weight is 602 g/mol. The van der Waals surface area contributed by atoms with Crippen LogP contribution in [-0.2, 0) is 9.59 Å². The zero-order valence-corrected chi connectivity index (χ0v) is 24.3. The molecule has 1 heterocycles. The number of methoxy groups -OCH3 is 1. The minimum atomic E-state index is -0.439. The minimum Gasteiger partial charge on any atom is -0.493 e. The van der Waals surface area contributed by atoms with Crippen LogP contribution >= 0.6 is 35.0 Å². The lowest BCUT2D eigenvalue weighted by Gasteiger charge is -2.15. The van der Waals surface area contributed by atoms with Gasteiger partial charge in [-0.15, -0.1) is 0 Å². The van der Waals surface area contributed by atoms with Gasteiger partial charge < -0.3 is 19.5 Å². The summed E-state index contributed by atoms with van der Waals surface area (Å²) in [4.78, 5) is 39.3. The maximum Gasteiger partial charge on any atom is 0.293 e. The smallest absolute Gasteiger partial charge is 0.293 e. The Bertz CT molecular complexity index is 1490. The first-order valence-corrected chi connectivity index (χ1v) is 13.7. The summed E-state index contributed by atoms with van der Waals surface area (Å²) in [6.45, 7) is 3.84. The van der Waals surface area contributed by atoms with Crippen molar-refractivity contribution in [2.45, 2.75) is 13.8 Å². The van der Waals surface area contributed by atoms with E-state index in [1.165, 1.54) is 7.11 Å². The highest BCUT2D eigenvalue weighted by Crippen LogP contribution is 2.39. The highest BCUT2D eigenvalue weighted by molar-refractivity contribution is 8.18. The molecule has 0 spiro atoms. The predicted molar refractivity (Wildman–Crippen MR) is 158 cm³/mol. The van der Waals surface area contributed by atoms with Crippen LogP contribution in [0.25, 0.3) is 6.08 Å². The summed E-state index contributed by atoms with van der Waals surface area (Å²) >= 11 is 13.3. The van der Waals surface area contributed by atoms with Gasteiger partial charge in [-0.2, -0.15) is 0 Å². The molecule has 208 valence electrons. The van der Waals surface area contributed by atoms with Gasteiger partial charge in [0.1, 0.15) is 12.4 Å². The highest BCUT2D eigenvalue weighted by Gasteiger charge is 2.35. The fourth-order valence-corrected chi connectivity index (χ4v) is 5.13. The maximum atomic E-state index is 13.0. The highest BCUT2D eigenvalue weighted by atomic mass is 35.5. The molecule has 3 aromatic carbocycles. The lowest BCUT2D eigenvalue weighted by molar-refractivity contribution is -0.123.